The Balaban J connectivity index is 1.51. The molecule has 3 nitrogen and oxygen atoms in total. The molecule has 1 amide bonds. The van der Waals surface area contributed by atoms with Crippen molar-refractivity contribution in [2.75, 3.05) is 19.6 Å². The monoisotopic (exact) mass is 278 g/mol. The second-order valence-corrected chi connectivity index (χ2v) is 7.18. The Hall–Kier alpha value is -0.570. The van der Waals surface area contributed by atoms with Gasteiger partial charge in [-0.15, -0.1) is 0 Å². The molecule has 3 heteroatoms. The molecule has 0 bridgehead atoms. The topological polar surface area (TPSA) is 32.3 Å². The number of rotatable bonds is 5. The molecule has 3 aliphatic rings. The van der Waals surface area contributed by atoms with Crippen molar-refractivity contribution in [3.8, 4) is 0 Å². The number of nitrogens with one attached hydrogen (secondary N) is 1. The van der Waals surface area contributed by atoms with E-state index in [9.17, 15) is 4.79 Å². The summed E-state index contributed by atoms with van der Waals surface area (Å²) in [6, 6.07) is 0.598. The van der Waals surface area contributed by atoms with Crippen molar-refractivity contribution in [3.05, 3.63) is 0 Å². The van der Waals surface area contributed by atoms with E-state index in [0.717, 1.165) is 32.0 Å². The summed E-state index contributed by atoms with van der Waals surface area (Å²) in [7, 11) is 0. The largest absolute Gasteiger partial charge is 0.339 e. The van der Waals surface area contributed by atoms with E-state index >= 15 is 0 Å². The zero-order valence-corrected chi connectivity index (χ0v) is 12.8. The molecule has 20 heavy (non-hydrogen) atoms. The van der Waals surface area contributed by atoms with Gasteiger partial charge in [0.15, 0.2) is 0 Å². The summed E-state index contributed by atoms with van der Waals surface area (Å²) in [5.41, 5.74) is 0. The van der Waals surface area contributed by atoms with Gasteiger partial charge in [-0.2, -0.15) is 0 Å². The van der Waals surface area contributed by atoms with E-state index in [4.69, 9.17) is 0 Å². The van der Waals surface area contributed by atoms with E-state index in [1.807, 2.05) is 0 Å². The summed E-state index contributed by atoms with van der Waals surface area (Å²) in [4.78, 5) is 14.9. The van der Waals surface area contributed by atoms with Crippen LogP contribution in [0.15, 0.2) is 0 Å². The molecule has 2 saturated carbocycles. The third-order valence-corrected chi connectivity index (χ3v) is 5.41. The number of carbonyl (C=O) groups is 1. The van der Waals surface area contributed by atoms with E-state index in [-0.39, 0.29) is 0 Å². The quantitative estimate of drug-likeness (QED) is 0.838. The maximum Gasteiger partial charge on any atom is 0.223 e. The van der Waals surface area contributed by atoms with Crippen LogP contribution in [0.25, 0.3) is 0 Å². The number of amides is 1. The number of hydrogen-bond acceptors (Lipinski definition) is 2. The Morgan fingerprint density at radius 1 is 0.900 bits per heavy atom. The predicted molar refractivity (Wildman–Crippen MR) is 81.5 cm³/mol. The van der Waals surface area contributed by atoms with Crippen molar-refractivity contribution in [1.29, 1.82) is 0 Å². The molecule has 0 spiro atoms. The van der Waals surface area contributed by atoms with Crippen molar-refractivity contribution >= 4 is 5.91 Å². The van der Waals surface area contributed by atoms with E-state index in [0.29, 0.717) is 17.9 Å². The highest BCUT2D eigenvalue weighted by molar-refractivity contribution is 5.77. The van der Waals surface area contributed by atoms with Crippen LogP contribution in [0.3, 0.4) is 0 Å². The van der Waals surface area contributed by atoms with Gasteiger partial charge in [-0.3, -0.25) is 4.79 Å². The highest BCUT2D eigenvalue weighted by Crippen LogP contribution is 2.32. The lowest BCUT2D eigenvalue weighted by atomic mass is 9.86. The van der Waals surface area contributed by atoms with Gasteiger partial charge < -0.3 is 10.2 Å². The van der Waals surface area contributed by atoms with Crippen LogP contribution in [0.5, 0.6) is 0 Å². The van der Waals surface area contributed by atoms with Gasteiger partial charge in [0, 0.05) is 19.0 Å². The molecule has 0 aromatic rings. The molecule has 2 aliphatic carbocycles. The van der Waals surface area contributed by atoms with Gasteiger partial charge >= 0.3 is 0 Å². The summed E-state index contributed by atoms with van der Waals surface area (Å²) >= 11 is 0. The molecule has 1 heterocycles. The fraction of sp³-hybridized carbons (Fsp3) is 0.941. The first-order valence-electron chi connectivity index (χ1n) is 8.83. The molecule has 0 aromatic carbocycles. The highest BCUT2D eigenvalue weighted by Gasteiger charge is 2.34. The first-order valence-corrected chi connectivity index (χ1v) is 8.83. The Bertz CT molecular complexity index is 315. The molecule has 3 fully saturated rings. The molecule has 1 aliphatic heterocycles. The molecular weight excluding hydrogens is 248 g/mol. The second kappa shape index (κ2) is 6.93. The summed E-state index contributed by atoms with van der Waals surface area (Å²) in [5.74, 6) is 1.90. The van der Waals surface area contributed by atoms with E-state index in [1.165, 1.54) is 57.8 Å². The Morgan fingerprint density at radius 3 is 2.25 bits per heavy atom. The molecule has 0 atom stereocenters. The molecule has 1 N–H and O–H groups in total. The smallest absolute Gasteiger partial charge is 0.223 e. The molecule has 0 unspecified atom stereocenters. The number of nitrogens with zero attached hydrogens (tertiary/aromatic N) is 1. The maximum absolute atomic E-state index is 12.7. The molecule has 114 valence electrons. The molecule has 1 saturated heterocycles. The van der Waals surface area contributed by atoms with E-state index in [2.05, 4.69) is 10.2 Å². The van der Waals surface area contributed by atoms with Gasteiger partial charge in [0.1, 0.15) is 0 Å². The summed E-state index contributed by atoms with van der Waals surface area (Å²) in [6.07, 6.45) is 12.5. The maximum atomic E-state index is 12.7. The Kier molecular flexibility index (Phi) is 4.98. The summed E-state index contributed by atoms with van der Waals surface area (Å²) < 4.78 is 0. The number of piperidine rings is 1. The summed E-state index contributed by atoms with van der Waals surface area (Å²) in [5, 5.41) is 3.42. The van der Waals surface area contributed by atoms with E-state index < -0.39 is 0 Å². The third-order valence-electron chi connectivity index (χ3n) is 5.41. The minimum atomic E-state index is 0.470. The Morgan fingerprint density at radius 2 is 1.60 bits per heavy atom. The van der Waals surface area contributed by atoms with Crippen LogP contribution in [0.4, 0.5) is 0 Å². The second-order valence-electron chi connectivity index (χ2n) is 7.18. The average Bonchev–Trinajstić information content (AvgIpc) is 3.31. The van der Waals surface area contributed by atoms with Crippen molar-refractivity contribution in [2.45, 2.75) is 70.3 Å². The van der Waals surface area contributed by atoms with Gasteiger partial charge in [-0.1, -0.05) is 19.3 Å². The standard InChI is InChI=1S/C17H30N2O/c20-17(12-14-4-2-1-3-5-14)19(16-6-7-16)13-15-8-10-18-11-9-15/h14-16,18H,1-13H2. The molecule has 0 aromatic heterocycles. The molecular formula is C17H30N2O. The minimum Gasteiger partial charge on any atom is -0.339 e. The van der Waals surface area contributed by atoms with Crippen LogP contribution in [0.2, 0.25) is 0 Å². The first-order chi connectivity index (χ1) is 9.83. The van der Waals surface area contributed by atoms with Gasteiger partial charge in [-0.05, 0) is 63.5 Å². The SMILES string of the molecule is O=C(CC1CCCCC1)N(CC1CCNCC1)C1CC1. The lowest BCUT2D eigenvalue weighted by Gasteiger charge is -2.32. The number of carbonyl (C=O) groups excluding carboxylic acids is 1. The third kappa shape index (κ3) is 3.97. The normalized spacial score (nSPS) is 25.6. The van der Waals surface area contributed by atoms with Crippen molar-refractivity contribution in [3.63, 3.8) is 0 Å². The van der Waals surface area contributed by atoms with Crippen molar-refractivity contribution < 1.29 is 4.79 Å². The van der Waals surface area contributed by atoms with Crippen LogP contribution in [0, 0.1) is 11.8 Å². The lowest BCUT2D eigenvalue weighted by Crippen LogP contribution is -2.41. The highest BCUT2D eigenvalue weighted by atomic mass is 16.2. The molecule has 0 radical (unpaired) electrons. The van der Waals surface area contributed by atoms with Gasteiger partial charge in [0.2, 0.25) is 5.91 Å². The number of hydrogen-bond donors (Lipinski definition) is 1. The zero-order valence-electron chi connectivity index (χ0n) is 12.8. The van der Waals surface area contributed by atoms with Crippen LogP contribution >= 0.6 is 0 Å². The van der Waals surface area contributed by atoms with Gasteiger partial charge in [0.25, 0.3) is 0 Å². The van der Waals surface area contributed by atoms with Crippen LogP contribution in [-0.4, -0.2) is 36.5 Å². The van der Waals surface area contributed by atoms with Crippen LogP contribution < -0.4 is 5.32 Å². The fourth-order valence-electron chi connectivity index (χ4n) is 3.94. The van der Waals surface area contributed by atoms with Crippen molar-refractivity contribution in [1.82, 2.24) is 10.2 Å². The van der Waals surface area contributed by atoms with E-state index in [1.54, 1.807) is 0 Å². The Labute approximate surface area is 123 Å². The molecule has 3 rings (SSSR count). The van der Waals surface area contributed by atoms with Gasteiger partial charge in [-0.25, -0.2) is 0 Å². The van der Waals surface area contributed by atoms with Crippen LogP contribution in [-0.2, 0) is 4.79 Å². The average molecular weight is 278 g/mol. The van der Waals surface area contributed by atoms with Crippen LogP contribution in [0.1, 0.15) is 64.2 Å². The van der Waals surface area contributed by atoms with Crippen molar-refractivity contribution in [2.24, 2.45) is 11.8 Å². The predicted octanol–water partition coefficient (Wildman–Crippen LogP) is 2.95. The van der Waals surface area contributed by atoms with Gasteiger partial charge in [0.05, 0.1) is 0 Å². The fourth-order valence-corrected chi connectivity index (χ4v) is 3.94. The first kappa shape index (κ1) is 14.4. The summed E-state index contributed by atoms with van der Waals surface area (Å²) in [6.45, 7) is 3.32. The minimum absolute atomic E-state index is 0.470. The lowest BCUT2D eigenvalue weighted by molar-refractivity contribution is -0.133. The zero-order chi connectivity index (χ0) is 13.8.